The van der Waals surface area contributed by atoms with Crippen LogP contribution in [-0.4, -0.2) is 47.3 Å². The maximum atomic E-state index is 6.37. The van der Waals surface area contributed by atoms with Crippen molar-refractivity contribution in [3.63, 3.8) is 0 Å². The molecule has 0 aromatic heterocycles. The molecular weight excluding hydrogens is 452 g/mol. The molecule has 6 atom stereocenters. The Morgan fingerprint density at radius 2 is 0.750 bits per heavy atom. The lowest BCUT2D eigenvalue weighted by Gasteiger charge is -2.33. The molecule has 4 saturated heterocycles. The van der Waals surface area contributed by atoms with E-state index in [4.69, 9.17) is 18.9 Å². The summed E-state index contributed by atoms with van der Waals surface area (Å²) in [6.45, 7) is 7.08. The van der Waals surface area contributed by atoms with Crippen molar-refractivity contribution in [1.29, 1.82) is 0 Å². The molecule has 7 rings (SSSR count). The van der Waals surface area contributed by atoms with Crippen molar-refractivity contribution in [3.8, 4) is 0 Å². The van der Waals surface area contributed by atoms with Crippen LogP contribution in [-0.2, 0) is 18.9 Å². The molecule has 36 heavy (non-hydrogen) atoms. The number of fused-ring (bicyclic) bond motifs is 2. The van der Waals surface area contributed by atoms with Gasteiger partial charge >= 0.3 is 0 Å². The standard InChI is InChI=1S/C30H32N2O4/c1-29-17-33-25(21-9-5-3-6-10-21)31(29)27(35-19-29)23-13-15-24(16-14-23)28-32-26(22-11-7-4-8-12-22)34-18-30(32,2)20-36-28/h3-16,25-28H,17-20H2,1-2H3/t25-,26-,27+,28+,29-,30-/m1/s1. The number of hydrogen-bond donors (Lipinski definition) is 0. The zero-order chi connectivity index (χ0) is 24.3. The van der Waals surface area contributed by atoms with Crippen LogP contribution >= 0.6 is 0 Å². The minimum atomic E-state index is -0.154. The molecule has 0 amide bonds. The lowest BCUT2D eigenvalue weighted by molar-refractivity contribution is -0.0633. The maximum Gasteiger partial charge on any atom is 0.139 e. The first-order valence-corrected chi connectivity index (χ1v) is 12.8. The van der Waals surface area contributed by atoms with Gasteiger partial charge in [-0.15, -0.1) is 0 Å². The van der Waals surface area contributed by atoms with E-state index in [1.54, 1.807) is 0 Å². The summed E-state index contributed by atoms with van der Waals surface area (Å²) in [6.07, 6.45) is -0.538. The van der Waals surface area contributed by atoms with Crippen molar-refractivity contribution in [2.45, 2.75) is 49.8 Å². The molecule has 4 fully saturated rings. The molecule has 4 aliphatic heterocycles. The van der Waals surface area contributed by atoms with Crippen LogP contribution < -0.4 is 0 Å². The van der Waals surface area contributed by atoms with E-state index in [1.165, 1.54) is 0 Å². The van der Waals surface area contributed by atoms with E-state index in [0.29, 0.717) is 26.4 Å². The molecule has 0 unspecified atom stereocenters. The highest BCUT2D eigenvalue weighted by Crippen LogP contribution is 2.50. The number of benzene rings is 3. The van der Waals surface area contributed by atoms with Gasteiger partial charge in [0.1, 0.15) is 24.9 Å². The lowest BCUT2D eigenvalue weighted by Crippen LogP contribution is -2.41. The molecule has 3 aromatic rings. The molecule has 0 N–H and O–H groups in total. The van der Waals surface area contributed by atoms with Crippen molar-refractivity contribution in [1.82, 2.24) is 9.80 Å². The predicted octanol–water partition coefficient (Wildman–Crippen LogP) is 5.32. The van der Waals surface area contributed by atoms with Crippen molar-refractivity contribution >= 4 is 0 Å². The fourth-order valence-electron chi connectivity index (χ4n) is 6.20. The normalized spacial score (nSPS) is 36.3. The molecule has 6 nitrogen and oxygen atoms in total. The van der Waals surface area contributed by atoms with Gasteiger partial charge in [-0.1, -0.05) is 84.9 Å². The summed E-state index contributed by atoms with van der Waals surface area (Å²) in [5.41, 5.74) is 4.30. The molecule has 4 aliphatic rings. The molecule has 186 valence electrons. The summed E-state index contributed by atoms with van der Waals surface area (Å²) in [5, 5.41) is 0. The average Bonchev–Trinajstić information content (AvgIpc) is 3.63. The zero-order valence-electron chi connectivity index (χ0n) is 20.7. The van der Waals surface area contributed by atoms with E-state index in [9.17, 15) is 0 Å². The van der Waals surface area contributed by atoms with E-state index < -0.39 is 0 Å². The Bertz CT molecular complexity index is 1130. The van der Waals surface area contributed by atoms with Gasteiger partial charge in [0, 0.05) is 0 Å². The Balaban J connectivity index is 1.16. The average molecular weight is 485 g/mol. The first-order chi connectivity index (χ1) is 17.6. The van der Waals surface area contributed by atoms with Gasteiger partial charge < -0.3 is 18.9 Å². The van der Waals surface area contributed by atoms with Crippen molar-refractivity contribution in [2.75, 3.05) is 26.4 Å². The highest BCUT2D eigenvalue weighted by atomic mass is 16.6. The summed E-state index contributed by atoms with van der Waals surface area (Å²) in [6, 6.07) is 29.6. The monoisotopic (exact) mass is 484 g/mol. The minimum Gasteiger partial charge on any atom is -0.357 e. The highest BCUT2D eigenvalue weighted by molar-refractivity contribution is 5.30. The molecule has 4 heterocycles. The SMILES string of the molecule is C[C@]12CO[C@H](c3ccccc3)N1[C@H](c1ccc([C@@H]3OC[C@@]4(C)CO[C@H](c5ccccc5)N34)cc1)OC2. The topological polar surface area (TPSA) is 43.4 Å². The van der Waals surface area contributed by atoms with Crippen LogP contribution in [0.2, 0.25) is 0 Å². The van der Waals surface area contributed by atoms with Crippen molar-refractivity contribution < 1.29 is 18.9 Å². The summed E-state index contributed by atoms with van der Waals surface area (Å²) in [5.74, 6) is 0. The fourth-order valence-corrected chi connectivity index (χ4v) is 6.20. The third kappa shape index (κ3) is 3.48. The summed E-state index contributed by atoms with van der Waals surface area (Å²) >= 11 is 0. The summed E-state index contributed by atoms with van der Waals surface area (Å²) in [7, 11) is 0. The Kier molecular flexibility index (Phi) is 5.33. The maximum absolute atomic E-state index is 6.37. The summed E-state index contributed by atoms with van der Waals surface area (Å²) in [4.78, 5) is 4.78. The lowest BCUT2D eigenvalue weighted by atomic mass is 10.0. The van der Waals surface area contributed by atoms with Crippen LogP contribution in [0, 0.1) is 0 Å². The molecule has 0 saturated carbocycles. The molecular formula is C30H32N2O4. The van der Waals surface area contributed by atoms with Crippen LogP contribution in [0.25, 0.3) is 0 Å². The first-order valence-electron chi connectivity index (χ1n) is 12.8. The van der Waals surface area contributed by atoms with E-state index in [0.717, 1.165) is 22.3 Å². The van der Waals surface area contributed by atoms with Crippen LogP contribution in [0.1, 0.15) is 61.0 Å². The third-order valence-electron chi connectivity index (χ3n) is 8.14. The predicted molar refractivity (Wildman–Crippen MR) is 135 cm³/mol. The van der Waals surface area contributed by atoms with Crippen LogP contribution in [0.5, 0.6) is 0 Å². The zero-order valence-corrected chi connectivity index (χ0v) is 20.7. The van der Waals surface area contributed by atoms with Crippen LogP contribution in [0.3, 0.4) is 0 Å². The van der Waals surface area contributed by atoms with Gasteiger partial charge in [0.15, 0.2) is 0 Å². The van der Waals surface area contributed by atoms with E-state index in [-0.39, 0.29) is 36.0 Å². The molecule has 3 aromatic carbocycles. The van der Waals surface area contributed by atoms with Gasteiger partial charge in [0.25, 0.3) is 0 Å². The van der Waals surface area contributed by atoms with E-state index in [1.807, 2.05) is 12.1 Å². The molecule has 0 bridgehead atoms. The van der Waals surface area contributed by atoms with E-state index >= 15 is 0 Å². The summed E-state index contributed by atoms with van der Waals surface area (Å²) < 4.78 is 25.3. The highest BCUT2D eigenvalue weighted by Gasteiger charge is 2.55. The van der Waals surface area contributed by atoms with Crippen molar-refractivity contribution in [2.24, 2.45) is 0 Å². The number of nitrogens with zero attached hydrogens (tertiary/aromatic N) is 2. The largest absolute Gasteiger partial charge is 0.357 e. The second-order valence-corrected chi connectivity index (χ2v) is 10.9. The first kappa shape index (κ1) is 22.6. The van der Waals surface area contributed by atoms with Gasteiger partial charge in [-0.05, 0) is 36.1 Å². The van der Waals surface area contributed by atoms with Gasteiger partial charge in [-0.25, -0.2) is 9.80 Å². The van der Waals surface area contributed by atoms with Gasteiger partial charge in [-0.2, -0.15) is 0 Å². The number of rotatable bonds is 4. The van der Waals surface area contributed by atoms with Gasteiger partial charge in [0.05, 0.1) is 37.5 Å². The minimum absolute atomic E-state index is 0.115. The Morgan fingerprint density at radius 3 is 1.06 bits per heavy atom. The smallest absolute Gasteiger partial charge is 0.139 e. The third-order valence-corrected chi connectivity index (χ3v) is 8.14. The molecule has 6 heteroatoms. The molecule has 0 aliphatic carbocycles. The molecule has 0 radical (unpaired) electrons. The second kappa shape index (κ2) is 8.48. The Morgan fingerprint density at radius 1 is 0.472 bits per heavy atom. The quantitative estimate of drug-likeness (QED) is 0.499. The van der Waals surface area contributed by atoms with Gasteiger partial charge in [-0.3, -0.25) is 0 Å². The van der Waals surface area contributed by atoms with E-state index in [2.05, 4.69) is 96.4 Å². The van der Waals surface area contributed by atoms with Crippen LogP contribution in [0.4, 0.5) is 0 Å². The Labute approximate surface area is 212 Å². The number of hydrogen-bond acceptors (Lipinski definition) is 6. The van der Waals surface area contributed by atoms with Gasteiger partial charge in [0.2, 0.25) is 0 Å². The second-order valence-electron chi connectivity index (χ2n) is 10.9. The van der Waals surface area contributed by atoms with Crippen LogP contribution in [0.15, 0.2) is 84.9 Å². The fraction of sp³-hybridized carbons (Fsp3) is 0.400. The molecule has 0 spiro atoms. The van der Waals surface area contributed by atoms with Crippen molar-refractivity contribution in [3.05, 3.63) is 107 Å². The Hall–Kier alpha value is -2.58. The number of ether oxygens (including phenoxy) is 4.